The van der Waals surface area contributed by atoms with Crippen molar-refractivity contribution >= 4 is 18.3 Å². The lowest BCUT2D eigenvalue weighted by Gasteiger charge is -2.26. The lowest BCUT2D eigenvalue weighted by molar-refractivity contribution is -0.134. The fourth-order valence-electron chi connectivity index (χ4n) is 2.01. The van der Waals surface area contributed by atoms with Crippen LogP contribution in [0.4, 0.5) is 0 Å². The molecule has 4 heteroatoms. The van der Waals surface area contributed by atoms with E-state index in [-0.39, 0.29) is 30.3 Å². The van der Waals surface area contributed by atoms with Crippen LogP contribution in [0.5, 0.6) is 0 Å². The first-order valence-corrected chi connectivity index (χ1v) is 5.94. The average molecular weight is 249 g/mol. The maximum Gasteiger partial charge on any atom is 0.226 e. The molecule has 1 aliphatic heterocycles. The zero-order chi connectivity index (χ0) is 11.6. The van der Waals surface area contributed by atoms with E-state index in [2.05, 4.69) is 13.8 Å². The quantitative estimate of drug-likeness (QED) is 0.831. The zero-order valence-corrected chi connectivity index (χ0v) is 11.6. The zero-order valence-electron chi connectivity index (χ0n) is 10.8. The fourth-order valence-corrected chi connectivity index (χ4v) is 2.01. The molecule has 1 saturated heterocycles. The van der Waals surface area contributed by atoms with Crippen LogP contribution < -0.4 is 5.73 Å². The van der Waals surface area contributed by atoms with Crippen LogP contribution in [0.1, 0.15) is 40.5 Å². The normalized spacial score (nSPS) is 28.4. The first-order chi connectivity index (χ1) is 6.89. The van der Waals surface area contributed by atoms with Crippen molar-refractivity contribution in [3.63, 3.8) is 0 Å². The molecule has 0 spiro atoms. The van der Waals surface area contributed by atoms with Gasteiger partial charge < -0.3 is 10.6 Å². The summed E-state index contributed by atoms with van der Waals surface area (Å²) in [6, 6.07) is -0.0500. The number of nitrogens with two attached hydrogens (primary N) is 1. The SMILES string of the molecule is CCC1(C)CCN(C(=O)C(C)C(C)N)C1.Cl. The molecule has 1 rings (SSSR count). The monoisotopic (exact) mass is 248 g/mol. The van der Waals surface area contributed by atoms with E-state index in [1.807, 2.05) is 18.7 Å². The molecular formula is C12H25ClN2O. The molecule has 1 fully saturated rings. The van der Waals surface area contributed by atoms with Crippen LogP contribution in [0.3, 0.4) is 0 Å². The van der Waals surface area contributed by atoms with Crippen LogP contribution in [0.2, 0.25) is 0 Å². The highest BCUT2D eigenvalue weighted by molar-refractivity contribution is 5.85. The van der Waals surface area contributed by atoms with E-state index in [1.54, 1.807) is 0 Å². The van der Waals surface area contributed by atoms with Gasteiger partial charge in [0.15, 0.2) is 0 Å². The Bertz CT molecular complexity index is 245. The summed E-state index contributed by atoms with van der Waals surface area (Å²) in [5, 5.41) is 0. The molecule has 3 atom stereocenters. The maximum absolute atomic E-state index is 12.0. The lowest BCUT2D eigenvalue weighted by Crippen LogP contribution is -2.41. The van der Waals surface area contributed by atoms with Crippen molar-refractivity contribution in [3.05, 3.63) is 0 Å². The minimum absolute atomic E-state index is 0. The Labute approximate surface area is 105 Å². The largest absolute Gasteiger partial charge is 0.342 e. The van der Waals surface area contributed by atoms with Gasteiger partial charge in [0.05, 0.1) is 5.92 Å². The molecule has 16 heavy (non-hydrogen) atoms. The van der Waals surface area contributed by atoms with Gasteiger partial charge in [-0.3, -0.25) is 4.79 Å². The highest BCUT2D eigenvalue weighted by Gasteiger charge is 2.36. The number of carbonyl (C=O) groups is 1. The first kappa shape index (κ1) is 15.7. The van der Waals surface area contributed by atoms with Crippen LogP contribution in [0, 0.1) is 11.3 Å². The van der Waals surface area contributed by atoms with Crippen LogP contribution in [-0.2, 0) is 4.79 Å². The van der Waals surface area contributed by atoms with Crippen molar-refractivity contribution in [3.8, 4) is 0 Å². The third-order valence-electron chi connectivity index (χ3n) is 3.90. The Morgan fingerprint density at radius 1 is 1.50 bits per heavy atom. The summed E-state index contributed by atoms with van der Waals surface area (Å²) in [6.07, 6.45) is 2.27. The molecule has 2 N–H and O–H groups in total. The number of amides is 1. The highest BCUT2D eigenvalue weighted by atomic mass is 35.5. The smallest absolute Gasteiger partial charge is 0.226 e. The molecule has 0 bridgehead atoms. The van der Waals surface area contributed by atoms with Gasteiger partial charge in [-0.05, 0) is 25.2 Å². The van der Waals surface area contributed by atoms with Crippen LogP contribution in [-0.4, -0.2) is 29.9 Å². The van der Waals surface area contributed by atoms with E-state index in [0.29, 0.717) is 5.41 Å². The van der Waals surface area contributed by atoms with Gasteiger partial charge in [-0.1, -0.05) is 20.8 Å². The number of hydrogen-bond donors (Lipinski definition) is 1. The standard InChI is InChI=1S/C12H24N2O.ClH/c1-5-12(4)6-7-14(8-12)11(15)9(2)10(3)13;/h9-10H,5-8,13H2,1-4H3;1H. The predicted molar refractivity (Wildman–Crippen MR) is 69.7 cm³/mol. The Morgan fingerprint density at radius 2 is 2.06 bits per heavy atom. The van der Waals surface area contributed by atoms with Crippen molar-refractivity contribution in [1.82, 2.24) is 4.90 Å². The molecule has 0 aromatic carbocycles. The summed E-state index contributed by atoms with van der Waals surface area (Å²) in [5.41, 5.74) is 6.08. The van der Waals surface area contributed by atoms with Crippen LogP contribution >= 0.6 is 12.4 Å². The van der Waals surface area contributed by atoms with E-state index in [0.717, 1.165) is 25.9 Å². The van der Waals surface area contributed by atoms with Gasteiger partial charge in [0.1, 0.15) is 0 Å². The predicted octanol–water partition coefficient (Wildman–Crippen LogP) is 2.04. The van der Waals surface area contributed by atoms with Crippen molar-refractivity contribution in [2.24, 2.45) is 17.1 Å². The maximum atomic E-state index is 12.0. The molecule has 0 saturated carbocycles. The molecule has 0 radical (unpaired) electrons. The summed E-state index contributed by atoms with van der Waals surface area (Å²) in [6.45, 7) is 10.1. The van der Waals surface area contributed by atoms with Crippen molar-refractivity contribution in [2.75, 3.05) is 13.1 Å². The molecule has 0 aromatic rings. The molecule has 3 nitrogen and oxygen atoms in total. The summed E-state index contributed by atoms with van der Waals surface area (Å²) in [7, 11) is 0. The number of carbonyl (C=O) groups excluding carboxylic acids is 1. The van der Waals surface area contributed by atoms with Gasteiger partial charge in [-0.25, -0.2) is 0 Å². The summed E-state index contributed by atoms with van der Waals surface area (Å²) in [4.78, 5) is 14.0. The summed E-state index contributed by atoms with van der Waals surface area (Å²) in [5.74, 6) is 0.173. The Kier molecular flexibility index (Phi) is 5.77. The number of halogens is 1. The van der Waals surface area contributed by atoms with Crippen molar-refractivity contribution in [2.45, 2.75) is 46.6 Å². The third-order valence-corrected chi connectivity index (χ3v) is 3.90. The van der Waals surface area contributed by atoms with Gasteiger partial charge in [0.2, 0.25) is 5.91 Å². The highest BCUT2D eigenvalue weighted by Crippen LogP contribution is 2.33. The third kappa shape index (κ3) is 3.36. The topological polar surface area (TPSA) is 46.3 Å². The second-order valence-corrected chi connectivity index (χ2v) is 5.32. The van der Waals surface area contributed by atoms with E-state index >= 15 is 0 Å². The number of nitrogens with zero attached hydrogens (tertiary/aromatic N) is 1. The van der Waals surface area contributed by atoms with Gasteiger partial charge >= 0.3 is 0 Å². The van der Waals surface area contributed by atoms with Gasteiger partial charge in [0.25, 0.3) is 0 Å². The van der Waals surface area contributed by atoms with Gasteiger partial charge in [-0.2, -0.15) is 0 Å². The molecular weight excluding hydrogens is 224 g/mol. The minimum atomic E-state index is -0.0517. The molecule has 1 heterocycles. The molecule has 3 unspecified atom stereocenters. The van der Waals surface area contributed by atoms with E-state index < -0.39 is 0 Å². The first-order valence-electron chi connectivity index (χ1n) is 5.94. The van der Waals surface area contributed by atoms with Gasteiger partial charge in [0, 0.05) is 19.1 Å². The van der Waals surface area contributed by atoms with Gasteiger partial charge in [-0.15, -0.1) is 12.4 Å². The second-order valence-electron chi connectivity index (χ2n) is 5.32. The number of rotatable bonds is 3. The molecule has 1 amide bonds. The van der Waals surface area contributed by atoms with Crippen LogP contribution in [0.25, 0.3) is 0 Å². The molecule has 0 aliphatic carbocycles. The fraction of sp³-hybridized carbons (Fsp3) is 0.917. The Morgan fingerprint density at radius 3 is 2.44 bits per heavy atom. The number of hydrogen-bond acceptors (Lipinski definition) is 2. The summed E-state index contributed by atoms with van der Waals surface area (Å²) < 4.78 is 0. The number of likely N-dealkylation sites (tertiary alicyclic amines) is 1. The van der Waals surface area contributed by atoms with E-state index in [9.17, 15) is 4.79 Å². The van der Waals surface area contributed by atoms with E-state index in [1.165, 1.54) is 0 Å². The molecule has 0 aromatic heterocycles. The molecule has 1 aliphatic rings. The molecule has 96 valence electrons. The van der Waals surface area contributed by atoms with E-state index in [4.69, 9.17) is 5.73 Å². The Balaban J connectivity index is 0.00000225. The van der Waals surface area contributed by atoms with Crippen molar-refractivity contribution in [1.29, 1.82) is 0 Å². The van der Waals surface area contributed by atoms with Crippen molar-refractivity contribution < 1.29 is 4.79 Å². The lowest BCUT2D eigenvalue weighted by atomic mass is 9.87. The van der Waals surface area contributed by atoms with Crippen LogP contribution in [0.15, 0.2) is 0 Å². The summed E-state index contributed by atoms with van der Waals surface area (Å²) >= 11 is 0. The second kappa shape index (κ2) is 5.87. The Hall–Kier alpha value is -0.280. The minimum Gasteiger partial charge on any atom is -0.342 e. The average Bonchev–Trinajstić information content (AvgIpc) is 2.59.